The fourth-order valence-corrected chi connectivity index (χ4v) is 8.49. The minimum atomic E-state index is -6.13. The topological polar surface area (TPSA) is 20.9 Å². The van der Waals surface area contributed by atoms with Gasteiger partial charge in [0.2, 0.25) is 0 Å². The molecular weight excluding hydrogens is 1070 g/mol. The Morgan fingerprint density at radius 1 is 0.356 bits per heavy atom. The zero-order chi connectivity index (χ0) is 55.3. The highest BCUT2D eigenvalue weighted by atomic mass is 32.2. The minimum absolute atomic E-state index is 0.691. The maximum Gasteiger partial charge on any atom is 0.416 e. The third kappa shape index (κ3) is 13.5. The van der Waals surface area contributed by atoms with Crippen LogP contribution < -0.4 is 26.4 Å². The van der Waals surface area contributed by atoms with Crippen molar-refractivity contribution in [3.8, 4) is 0 Å². The van der Waals surface area contributed by atoms with Crippen LogP contribution in [-0.2, 0) is 66.8 Å². The molecule has 6 aromatic rings. The highest BCUT2D eigenvalue weighted by molar-refractivity contribution is 7.84. The lowest BCUT2D eigenvalue weighted by Gasteiger charge is -2.46. The molecule has 0 aliphatic heterocycles. The van der Waals surface area contributed by atoms with Gasteiger partial charge >= 0.3 is 49.4 Å². The maximum absolute atomic E-state index is 14.2. The summed E-state index contributed by atoms with van der Waals surface area (Å²) in [5.74, 6) is 0. The second-order valence-electron chi connectivity index (χ2n) is 15.8. The van der Waals surface area contributed by atoms with Crippen molar-refractivity contribution in [1.82, 2.24) is 0 Å². The van der Waals surface area contributed by atoms with Gasteiger partial charge in [0.05, 0.1) is 55.3 Å². The first-order valence-electron chi connectivity index (χ1n) is 19.7. The standard InChI is InChI=1S/C32H12BF24.C13H14NOS/c34-25(35,36)13-1-14(26(37,38)39)6-21(5-13)33(22-7-15(27(40,41)42)2-16(8-22)28(43,44)45,23-9-17(29(46,47)48)3-18(10-23)30(49,50)51)24-11-19(31(52,53)54)4-20(12-24)32(55,56)57;1-16(15)13-8-4-3-7-12(13)11-14-9-5-2-6-10-14/h1-12H;2-10H,11H2,1H3/q-1;+1. The fraction of sp³-hybridized carbons (Fsp3) is 0.222. The average Bonchev–Trinajstić information content (AvgIpc) is 3.24. The molecule has 1 atom stereocenters. The Kier molecular flexibility index (Phi) is 15.7. The largest absolute Gasteiger partial charge is 0.416 e. The van der Waals surface area contributed by atoms with Crippen LogP contribution in [0.15, 0.2) is 133 Å². The zero-order valence-electron chi connectivity index (χ0n) is 35.7. The van der Waals surface area contributed by atoms with Gasteiger partial charge in [-0.05, 0) is 30.3 Å². The predicted octanol–water partition coefficient (Wildman–Crippen LogP) is 13.0. The Labute approximate surface area is 397 Å². The first-order valence-corrected chi connectivity index (χ1v) is 21.3. The molecule has 1 heterocycles. The molecule has 0 radical (unpaired) electrons. The monoisotopic (exact) mass is 1100 g/mol. The molecule has 0 aliphatic rings. The Bertz CT molecular complexity index is 2530. The zero-order valence-corrected chi connectivity index (χ0v) is 36.6. The molecular formula is C45H26BF24NOS. The van der Waals surface area contributed by atoms with E-state index in [0.29, 0.717) is 0 Å². The smallest absolute Gasteiger partial charge is 0.255 e. The molecule has 28 heteroatoms. The summed E-state index contributed by atoms with van der Waals surface area (Å²) in [6.07, 6.45) is -49.1. The van der Waals surface area contributed by atoms with Crippen LogP contribution in [0.5, 0.6) is 0 Å². The van der Waals surface area contributed by atoms with Crippen molar-refractivity contribution in [2.75, 3.05) is 6.26 Å². The molecule has 1 unspecified atom stereocenters. The quantitative estimate of drug-likeness (QED) is 0.0887. The highest BCUT2D eigenvalue weighted by Crippen LogP contribution is 2.41. The number of benzene rings is 5. The average molecular weight is 1100 g/mol. The van der Waals surface area contributed by atoms with E-state index in [9.17, 15) is 110 Å². The summed E-state index contributed by atoms with van der Waals surface area (Å²) in [4.78, 5) is 0.916. The molecule has 0 N–H and O–H groups in total. The molecule has 6 rings (SSSR count). The number of halogens is 24. The predicted molar refractivity (Wildman–Crippen MR) is 215 cm³/mol. The number of rotatable bonds is 7. The van der Waals surface area contributed by atoms with Crippen LogP contribution in [0, 0.1) is 0 Å². The molecule has 5 aromatic carbocycles. The van der Waals surface area contributed by atoms with Crippen LogP contribution in [0.4, 0.5) is 105 Å². The van der Waals surface area contributed by atoms with Gasteiger partial charge in [0, 0.05) is 28.8 Å². The van der Waals surface area contributed by atoms with Crippen molar-refractivity contribution in [1.29, 1.82) is 0 Å². The van der Waals surface area contributed by atoms with Gasteiger partial charge in [0.15, 0.2) is 18.9 Å². The summed E-state index contributed by atoms with van der Waals surface area (Å²) >= 11 is 0. The summed E-state index contributed by atoms with van der Waals surface area (Å²) in [6.45, 7) is 0.761. The van der Waals surface area contributed by atoms with E-state index in [4.69, 9.17) is 0 Å². The van der Waals surface area contributed by atoms with Crippen LogP contribution in [0.1, 0.15) is 50.1 Å². The van der Waals surface area contributed by atoms with Gasteiger partial charge in [-0.3, -0.25) is 4.21 Å². The van der Waals surface area contributed by atoms with E-state index >= 15 is 0 Å². The molecule has 394 valence electrons. The van der Waals surface area contributed by atoms with E-state index in [1.807, 2.05) is 54.9 Å². The van der Waals surface area contributed by atoms with E-state index in [2.05, 4.69) is 4.57 Å². The summed E-state index contributed by atoms with van der Waals surface area (Å²) in [5.41, 5.74) is -29.1. The van der Waals surface area contributed by atoms with E-state index in [1.54, 1.807) is 6.26 Å². The Balaban J connectivity index is 0.000000520. The van der Waals surface area contributed by atoms with Crippen molar-refractivity contribution in [3.63, 3.8) is 0 Å². The number of pyridine rings is 1. The number of hydrogen-bond acceptors (Lipinski definition) is 1. The second-order valence-corrected chi connectivity index (χ2v) is 17.2. The Morgan fingerprint density at radius 2 is 0.589 bits per heavy atom. The molecule has 2 nitrogen and oxygen atoms in total. The van der Waals surface area contributed by atoms with Gasteiger partial charge in [-0.2, -0.15) is 127 Å². The molecule has 0 fully saturated rings. The van der Waals surface area contributed by atoms with Crippen LogP contribution in [-0.4, -0.2) is 16.6 Å². The van der Waals surface area contributed by atoms with Crippen molar-refractivity contribution >= 4 is 38.8 Å². The first kappa shape index (κ1) is 57.7. The summed E-state index contributed by atoms with van der Waals surface area (Å²) in [6, 6.07) is 5.02. The first-order chi connectivity index (χ1) is 33.0. The SMILES string of the molecule is CS(=O)c1ccccc1C[n+]1ccccc1.FC(F)(F)c1cc([B-](c2cc(C(F)(F)F)cc(C(F)(F)F)c2)(c2cc(C(F)(F)F)cc(C(F)(F)F)c2)c2cc(C(F)(F)F)cc(C(F)(F)F)c2)cc(C(F)(F)F)c1. The normalized spacial score (nSPS) is 13.9. The van der Waals surface area contributed by atoms with Gasteiger partial charge in [-0.15, -0.1) is 0 Å². The molecule has 0 saturated heterocycles. The Hall–Kier alpha value is -6.22. The van der Waals surface area contributed by atoms with E-state index in [0.717, 1.165) is 17.0 Å². The molecule has 0 aliphatic carbocycles. The van der Waals surface area contributed by atoms with Crippen LogP contribution in [0.25, 0.3) is 0 Å². The number of alkyl halides is 24. The minimum Gasteiger partial charge on any atom is -0.255 e. The van der Waals surface area contributed by atoms with Gasteiger partial charge < -0.3 is 0 Å². The lowest BCUT2D eigenvalue weighted by molar-refractivity contribution is -0.688. The molecule has 73 heavy (non-hydrogen) atoms. The molecule has 1 aromatic heterocycles. The van der Waals surface area contributed by atoms with Gasteiger partial charge in [-0.1, -0.05) is 72.8 Å². The lowest BCUT2D eigenvalue weighted by atomic mass is 9.12. The van der Waals surface area contributed by atoms with Gasteiger partial charge in [0.1, 0.15) is 6.15 Å². The van der Waals surface area contributed by atoms with Crippen LogP contribution in [0.3, 0.4) is 0 Å². The lowest BCUT2D eigenvalue weighted by Crippen LogP contribution is -2.75. The third-order valence-electron chi connectivity index (χ3n) is 10.9. The van der Waals surface area contributed by atoms with E-state index in [-0.39, 0.29) is 0 Å². The molecule has 0 saturated carbocycles. The number of nitrogens with zero attached hydrogens (tertiary/aromatic N) is 1. The molecule has 0 bridgehead atoms. The Morgan fingerprint density at radius 3 is 0.808 bits per heavy atom. The molecule has 0 amide bonds. The van der Waals surface area contributed by atoms with Crippen molar-refractivity contribution in [3.05, 3.63) is 178 Å². The highest BCUT2D eigenvalue weighted by Gasteiger charge is 2.47. The molecule has 0 spiro atoms. The fourth-order valence-electron chi connectivity index (χ4n) is 7.72. The maximum atomic E-state index is 14.2. The van der Waals surface area contributed by atoms with Crippen LogP contribution >= 0.6 is 0 Å². The van der Waals surface area contributed by atoms with Crippen molar-refractivity contribution in [2.24, 2.45) is 0 Å². The van der Waals surface area contributed by atoms with Crippen molar-refractivity contribution in [2.45, 2.75) is 60.9 Å². The van der Waals surface area contributed by atoms with Crippen molar-refractivity contribution < 1.29 is 114 Å². The summed E-state index contributed by atoms with van der Waals surface area (Å²) in [7, 11) is -0.927. The summed E-state index contributed by atoms with van der Waals surface area (Å²) in [5, 5.41) is 0. The van der Waals surface area contributed by atoms with Gasteiger partial charge in [-0.25, -0.2) is 4.57 Å². The third-order valence-corrected chi connectivity index (χ3v) is 11.9. The van der Waals surface area contributed by atoms with E-state index in [1.165, 1.54) is 0 Å². The second kappa shape index (κ2) is 19.9. The number of hydrogen-bond donors (Lipinski definition) is 0. The van der Waals surface area contributed by atoms with Crippen LogP contribution in [0.2, 0.25) is 0 Å². The summed E-state index contributed by atoms with van der Waals surface area (Å²) < 4.78 is 354. The van der Waals surface area contributed by atoms with Gasteiger partial charge in [0.25, 0.3) is 0 Å². The number of aromatic nitrogens is 1. The van der Waals surface area contributed by atoms with E-state index < -0.39 is 206 Å².